The summed E-state index contributed by atoms with van der Waals surface area (Å²) in [5.74, 6) is 0.915. The monoisotopic (exact) mass is 235 g/mol. The van der Waals surface area contributed by atoms with E-state index in [0.29, 0.717) is 6.61 Å². The Kier molecular flexibility index (Phi) is 3.40. The van der Waals surface area contributed by atoms with E-state index >= 15 is 0 Å². The van der Waals surface area contributed by atoms with E-state index in [-0.39, 0.29) is 0 Å². The molecule has 1 heterocycles. The fourth-order valence-electron chi connectivity index (χ4n) is 2.47. The van der Waals surface area contributed by atoms with Crippen LogP contribution >= 0.6 is 0 Å². The summed E-state index contributed by atoms with van der Waals surface area (Å²) < 4.78 is 11.1. The molecular formula is C14H21NO2. The minimum atomic E-state index is -0.401. The third-order valence-electron chi connectivity index (χ3n) is 3.69. The van der Waals surface area contributed by atoms with Gasteiger partial charge in [0.25, 0.3) is 0 Å². The third kappa shape index (κ3) is 2.17. The van der Waals surface area contributed by atoms with Gasteiger partial charge in [-0.25, -0.2) is 0 Å². The molecule has 1 unspecified atom stereocenters. The fraction of sp³-hybridized carbons (Fsp3) is 0.571. The molecule has 1 fully saturated rings. The molecule has 0 spiro atoms. The topological polar surface area (TPSA) is 44.5 Å². The molecule has 1 aromatic rings. The summed E-state index contributed by atoms with van der Waals surface area (Å²) in [4.78, 5) is 0. The van der Waals surface area contributed by atoms with Crippen LogP contribution in [0.15, 0.2) is 12.1 Å². The second-order valence-electron chi connectivity index (χ2n) is 4.90. The third-order valence-corrected chi connectivity index (χ3v) is 3.69. The van der Waals surface area contributed by atoms with Crippen LogP contribution in [-0.2, 0) is 10.3 Å². The number of methoxy groups -OCH3 is 1. The number of ether oxygens (including phenoxy) is 2. The van der Waals surface area contributed by atoms with Crippen LogP contribution < -0.4 is 10.5 Å². The summed E-state index contributed by atoms with van der Waals surface area (Å²) >= 11 is 0. The number of rotatable bonds is 2. The van der Waals surface area contributed by atoms with E-state index in [4.69, 9.17) is 15.2 Å². The lowest BCUT2D eigenvalue weighted by molar-refractivity contribution is 0.0356. The van der Waals surface area contributed by atoms with Crippen molar-refractivity contribution in [2.24, 2.45) is 5.73 Å². The van der Waals surface area contributed by atoms with Gasteiger partial charge in [0.2, 0.25) is 0 Å². The predicted octanol–water partition coefficient (Wildman–Crippen LogP) is 2.28. The van der Waals surface area contributed by atoms with Gasteiger partial charge >= 0.3 is 0 Å². The molecule has 2 N–H and O–H groups in total. The van der Waals surface area contributed by atoms with Crippen LogP contribution in [0.3, 0.4) is 0 Å². The van der Waals surface area contributed by atoms with Crippen LogP contribution in [-0.4, -0.2) is 20.3 Å². The molecule has 3 heteroatoms. The molecule has 0 amide bonds. The second-order valence-corrected chi connectivity index (χ2v) is 4.90. The van der Waals surface area contributed by atoms with Crippen molar-refractivity contribution in [1.82, 2.24) is 0 Å². The standard InChI is InChI=1S/C14H21NO2/c1-10-5-6-12(13(16-3)11(10)2)14(15)7-4-8-17-9-14/h5-6H,4,7-9,15H2,1-3H3. The van der Waals surface area contributed by atoms with Gasteiger partial charge in [0.1, 0.15) is 5.75 Å². The zero-order chi connectivity index (χ0) is 12.5. The van der Waals surface area contributed by atoms with E-state index in [1.54, 1.807) is 7.11 Å². The Morgan fingerprint density at radius 2 is 2.12 bits per heavy atom. The maximum absolute atomic E-state index is 6.47. The Morgan fingerprint density at radius 3 is 2.71 bits per heavy atom. The van der Waals surface area contributed by atoms with Crippen LogP contribution in [0.1, 0.15) is 29.5 Å². The van der Waals surface area contributed by atoms with E-state index in [0.717, 1.165) is 30.8 Å². The van der Waals surface area contributed by atoms with Gasteiger partial charge in [-0.2, -0.15) is 0 Å². The van der Waals surface area contributed by atoms with Crippen molar-refractivity contribution >= 4 is 0 Å². The zero-order valence-corrected chi connectivity index (χ0v) is 10.9. The van der Waals surface area contributed by atoms with E-state index in [2.05, 4.69) is 26.0 Å². The quantitative estimate of drug-likeness (QED) is 0.855. The summed E-state index contributed by atoms with van der Waals surface area (Å²) in [7, 11) is 1.71. The molecule has 0 saturated carbocycles. The van der Waals surface area contributed by atoms with Crippen molar-refractivity contribution in [2.45, 2.75) is 32.2 Å². The minimum absolute atomic E-state index is 0.401. The molecule has 94 valence electrons. The molecule has 0 aliphatic carbocycles. The molecule has 3 nitrogen and oxygen atoms in total. The SMILES string of the molecule is COc1c(C2(N)CCCOC2)ccc(C)c1C. The lowest BCUT2D eigenvalue weighted by Gasteiger charge is -2.35. The second kappa shape index (κ2) is 4.67. The van der Waals surface area contributed by atoms with Gasteiger partial charge in [-0.05, 0) is 37.8 Å². The molecule has 2 rings (SSSR count). The number of hydrogen-bond donors (Lipinski definition) is 1. The molecule has 1 atom stereocenters. The lowest BCUT2D eigenvalue weighted by Crippen LogP contribution is -2.44. The maximum Gasteiger partial charge on any atom is 0.127 e. The van der Waals surface area contributed by atoms with E-state index in [1.807, 2.05) is 0 Å². The molecule has 1 aliphatic rings. The molecule has 0 radical (unpaired) electrons. The molecule has 1 aromatic carbocycles. The van der Waals surface area contributed by atoms with Crippen LogP contribution in [0.5, 0.6) is 5.75 Å². The van der Waals surface area contributed by atoms with E-state index < -0.39 is 5.54 Å². The van der Waals surface area contributed by atoms with Gasteiger partial charge in [-0.1, -0.05) is 12.1 Å². The normalized spacial score (nSPS) is 24.7. The molecular weight excluding hydrogens is 214 g/mol. The van der Waals surface area contributed by atoms with Crippen molar-refractivity contribution in [3.8, 4) is 5.75 Å². The van der Waals surface area contributed by atoms with Gasteiger partial charge in [-0.15, -0.1) is 0 Å². The Morgan fingerprint density at radius 1 is 1.35 bits per heavy atom. The molecule has 17 heavy (non-hydrogen) atoms. The highest BCUT2D eigenvalue weighted by Crippen LogP contribution is 2.37. The average molecular weight is 235 g/mol. The first-order chi connectivity index (χ1) is 8.08. The predicted molar refractivity (Wildman–Crippen MR) is 68.4 cm³/mol. The van der Waals surface area contributed by atoms with Crippen molar-refractivity contribution in [3.05, 3.63) is 28.8 Å². The summed E-state index contributed by atoms with van der Waals surface area (Å²) in [5.41, 5.74) is 9.54. The number of benzene rings is 1. The van der Waals surface area contributed by atoms with Crippen molar-refractivity contribution in [3.63, 3.8) is 0 Å². The first-order valence-electron chi connectivity index (χ1n) is 6.10. The van der Waals surface area contributed by atoms with Crippen LogP contribution in [0.2, 0.25) is 0 Å². The van der Waals surface area contributed by atoms with Crippen LogP contribution in [0.25, 0.3) is 0 Å². The average Bonchev–Trinajstić information content (AvgIpc) is 2.33. The van der Waals surface area contributed by atoms with Gasteiger partial charge in [0.05, 0.1) is 19.3 Å². The summed E-state index contributed by atoms with van der Waals surface area (Å²) in [6.07, 6.45) is 1.96. The number of hydrogen-bond acceptors (Lipinski definition) is 3. The summed E-state index contributed by atoms with van der Waals surface area (Å²) in [6, 6.07) is 4.19. The van der Waals surface area contributed by atoms with Crippen molar-refractivity contribution in [1.29, 1.82) is 0 Å². The van der Waals surface area contributed by atoms with E-state index in [1.165, 1.54) is 11.1 Å². The van der Waals surface area contributed by atoms with Crippen molar-refractivity contribution in [2.75, 3.05) is 20.3 Å². The van der Waals surface area contributed by atoms with Crippen LogP contribution in [0.4, 0.5) is 0 Å². The minimum Gasteiger partial charge on any atom is -0.496 e. The van der Waals surface area contributed by atoms with E-state index in [9.17, 15) is 0 Å². The van der Waals surface area contributed by atoms with Crippen LogP contribution in [0, 0.1) is 13.8 Å². The van der Waals surface area contributed by atoms with Gasteiger partial charge in [0.15, 0.2) is 0 Å². The highest BCUT2D eigenvalue weighted by atomic mass is 16.5. The Hall–Kier alpha value is -1.06. The smallest absolute Gasteiger partial charge is 0.127 e. The molecule has 0 aromatic heterocycles. The Bertz CT molecular complexity index is 409. The maximum atomic E-state index is 6.47. The number of nitrogens with two attached hydrogens (primary N) is 1. The van der Waals surface area contributed by atoms with Gasteiger partial charge in [0, 0.05) is 12.2 Å². The van der Waals surface area contributed by atoms with Crippen molar-refractivity contribution < 1.29 is 9.47 Å². The molecule has 0 bridgehead atoms. The van der Waals surface area contributed by atoms with Gasteiger partial charge in [-0.3, -0.25) is 0 Å². The largest absolute Gasteiger partial charge is 0.496 e. The van der Waals surface area contributed by atoms with Gasteiger partial charge < -0.3 is 15.2 Å². The number of aryl methyl sites for hydroxylation is 1. The molecule has 1 aliphatic heterocycles. The highest BCUT2D eigenvalue weighted by Gasteiger charge is 2.33. The summed E-state index contributed by atoms with van der Waals surface area (Å²) in [6.45, 7) is 5.55. The first kappa shape index (κ1) is 12.4. The highest BCUT2D eigenvalue weighted by molar-refractivity contribution is 5.48. The Labute approximate surface area is 103 Å². The summed E-state index contributed by atoms with van der Waals surface area (Å²) in [5, 5.41) is 0. The lowest BCUT2D eigenvalue weighted by atomic mass is 9.83. The first-order valence-corrected chi connectivity index (χ1v) is 6.10. The zero-order valence-electron chi connectivity index (χ0n) is 10.9. The Balaban J connectivity index is 2.47. The molecule has 1 saturated heterocycles. The fourth-order valence-corrected chi connectivity index (χ4v) is 2.47.